The molecule has 3 nitrogen and oxygen atoms in total. The summed E-state index contributed by atoms with van der Waals surface area (Å²) in [7, 11) is 2.08. The Bertz CT molecular complexity index is 384. The van der Waals surface area contributed by atoms with Crippen molar-refractivity contribution in [2.24, 2.45) is 4.99 Å². The zero-order valence-corrected chi connectivity index (χ0v) is 10.6. The van der Waals surface area contributed by atoms with Crippen LogP contribution in [-0.2, 0) is 0 Å². The lowest BCUT2D eigenvalue weighted by Crippen LogP contribution is -2.23. The molecule has 0 radical (unpaired) electrons. The van der Waals surface area contributed by atoms with Crippen molar-refractivity contribution in [1.82, 2.24) is 4.90 Å². The van der Waals surface area contributed by atoms with Gasteiger partial charge in [-0.1, -0.05) is 13.3 Å². The first-order chi connectivity index (χ1) is 8.31. The second-order valence-electron chi connectivity index (χ2n) is 4.35. The molecule has 1 aromatic rings. The van der Waals surface area contributed by atoms with Crippen molar-refractivity contribution in [3.8, 4) is 5.75 Å². The molecule has 0 aromatic heterocycles. The standard InChI is InChI=1S/C14H20N2O/c1-3-4-11-17-13-7-5-12(6-8-13)14-15-9-10-16(14)2/h5-8H,3-4,9-11H2,1-2H3. The van der Waals surface area contributed by atoms with Crippen molar-refractivity contribution < 1.29 is 4.74 Å². The van der Waals surface area contributed by atoms with Crippen molar-refractivity contribution in [3.63, 3.8) is 0 Å². The predicted molar refractivity (Wildman–Crippen MR) is 70.9 cm³/mol. The lowest BCUT2D eigenvalue weighted by Gasteiger charge is -2.14. The van der Waals surface area contributed by atoms with Crippen LogP contribution < -0.4 is 4.74 Å². The lowest BCUT2D eigenvalue weighted by molar-refractivity contribution is 0.309. The quantitative estimate of drug-likeness (QED) is 0.729. The summed E-state index contributed by atoms with van der Waals surface area (Å²) in [6.07, 6.45) is 2.27. The van der Waals surface area contributed by atoms with Crippen LogP contribution in [0.3, 0.4) is 0 Å². The maximum atomic E-state index is 5.64. The Morgan fingerprint density at radius 3 is 2.65 bits per heavy atom. The van der Waals surface area contributed by atoms with Gasteiger partial charge in [0.2, 0.25) is 0 Å². The number of hydrogen-bond acceptors (Lipinski definition) is 3. The fourth-order valence-electron chi connectivity index (χ4n) is 1.88. The molecule has 0 bridgehead atoms. The Morgan fingerprint density at radius 1 is 1.29 bits per heavy atom. The number of amidine groups is 1. The third kappa shape index (κ3) is 2.99. The summed E-state index contributed by atoms with van der Waals surface area (Å²) >= 11 is 0. The highest BCUT2D eigenvalue weighted by atomic mass is 16.5. The molecule has 1 aromatic carbocycles. The van der Waals surface area contributed by atoms with E-state index in [1.165, 1.54) is 12.0 Å². The first kappa shape index (κ1) is 12.0. The van der Waals surface area contributed by atoms with Gasteiger partial charge < -0.3 is 9.64 Å². The maximum Gasteiger partial charge on any atom is 0.130 e. The highest BCUT2D eigenvalue weighted by Crippen LogP contribution is 2.15. The lowest BCUT2D eigenvalue weighted by atomic mass is 10.2. The van der Waals surface area contributed by atoms with Crippen molar-refractivity contribution >= 4 is 5.84 Å². The molecule has 0 fully saturated rings. The van der Waals surface area contributed by atoms with Crippen LogP contribution in [-0.4, -0.2) is 37.5 Å². The number of hydrogen-bond donors (Lipinski definition) is 0. The van der Waals surface area contributed by atoms with Crippen LogP contribution in [0.25, 0.3) is 0 Å². The van der Waals surface area contributed by atoms with Gasteiger partial charge in [0.05, 0.1) is 13.2 Å². The average molecular weight is 232 g/mol. The summed E-state index contributed by atoms with van der Waals surface area (Å²) in [6, 6.07) is 8.23. The number of ether oxygens (including phenoxy) is 1. The van der Waals surface area contributed by atoms with E-state index in [2.05, 4.69) is 36.0 Å². The Balaban J connectivity index is 1.98. The van der Waals surface area contributed by atoms with Gasteiger partial charge in [-0.2, -0.15) is 0 Å². The molecule has 0 unspecified atom stereocenters. The molecule has 1 aliphatic heterocycles. The van der Waals surface area contributed by atoms with Gasteiger partial charge in [-0.3, -0.25) is 4.99 Å². The van der Waals surface area contributed by atoms with E-state index in [1.807, 2.05) is 12.1 Å². The molecule has 1 aliphatic rings. The van der Waals surface area contributed by atoms with Gasteiger partial charge in [0, 0.05) is 19.2 Å². The highest BCUT2D eigenvalue weighted by molar-refractivity contribution is 5.99. The van der Waals surface area contributed by atoms with Crippen LogP contribution >= 0.6 is 0 Å². The molecule has 0 N–H and O–H groups in total. The molecule has 1 heterocycles. The Morgan fingerprint density at radius 2 is 2.06 bits per heavy atom. The first-order valence-corrected chi connectivity index (χ1v) is 6.30. The van der Waals surface area contributed by atoms with E-state index in [0.29, 0.717) is 0 Å². The molecule has 0 spiro atoms. The summed E-state index contributed by atoms with van der Waals surface area (Å²) in [5, 5.41) is 0. The van der Waals surface area contributed by atoms with E-state index in [4.69, 9.17) is 4.74 Å². The topological polar surface area (TPSA) is 24.8 Å². The molecule has 3 heteroatoms. The van der Waals surface area contributed by atoms with Gasteiger partial charge in [-0.05, 0) is 30.7 Å². The molecule has 0 saturated carbocycles. The average Bonchev–Trinajstić information content (AvgIpc) is 2.77. The van der Waals surface area contributed by atoms with Crippen LogP contribution in [0, 0.1) is 0 Å². The van der Waals surface area contributed by atoms with E-state index >= 15 is 0 Å². The molecular weight excluding hydrogens is 212 g/mol. The normalized spacial score (nSPS) is 14.9. The third-order valence-corrected chi connectivity index (χ3v) is 2.94. The number of benzene rings is 1. The molecular formula is C14H20N2O. The monoisotopic (exact) mass is 232 g/mol. The molecule has 2 rings (SSSR count). The van der Waals surface area contributed by atoms with Gasteiger partial charge >= 0.3 is 0 Å². The van der Waals surface area contributed by atoms with Crippen molar-refractivity contribution in [2.45, 2.75) is 19.8 Å². The first-order valence-electron chi connectivity index (χ1n) is 6.30. The van der Waals surface area contributed by atoms with E-state index in [9.17, 15) is 0 Å². The minimum atomic E-state index is 0.802. The summed E-state index contributed by atoms with van der Waals surface area (Å²) in [5.74, 6) is 2.04. The summed E-state index contributed by atoms with van der Waals surface area (Å²) in [4.78, 5) is 6.68. The smallest absolute Gasteiger partial charge is 0.130 e. The molecule has 0 aliphatic carbocycles. The van der Waals surface area contributed by atoms with Crippen LogP contribution in [0.1, 0.15) is 25.3 Å². The summed E-state index contributed by atoms with van der Waals surface area (Å²) in [6.45, 7) is 4.89. The third-order valence-electron chi connectivity index (χ3n) is 2.94. The largest absolute Gasteiger partial charge is 0.494 e. The van der Waals surface area contributed by atoms with Gasteiger partial charge in [0.15, 0.2) is 0 Å². The number of nitrogens with zero attached hydrogens (tertiary/aromatic N) is 2. The van der Waals surface area contributed by atoms with Crippen LogP contribution in [0.15, 0.2) is 29.3 Å². The van der Waals surface area contributed by atoms with Gasteiger partial charge in [0.1, 0.15) is 11.6 Å². The van der Waals surface area contributed by atoms with E-state index in [0.717, 1.165) is 37.7 Å². The van der Waals surface area contributed by atoms with Crippen molar-refractivity contribution in [2.75, 3.05) is 26.7 Å². The molecule has 17 heavy (non-hydrogen) atoms. The zero-order valence-electron chi connectivity index (χ0n) is 10.6. The van der Waals surface area contributed by atoms with Crippen LogP contribution in [0.4, 0.5) is 0 Å². The number of aliphatic imine (C=N–C) groups is 1. The zero-order chi connectivity index (χ0) is 12.1. The minimum Gasteiger partial charge on any atom is -0.494 e. The highest BCUT2D eigenvalue weighted by Gasteiger charge is 2.13. The number of rotatable bonds is 5. The SMILES string of the molecule is CCCCOc1ccc(C2=NCCN2C)cc1. The predicted octanol–water partition coefficient (Wildman–Crippen LogP) is 2.56. The second-order valence-corrected chi connectivity index (χ2v) is 4.35. The van der Waals surface area contributed by atoms with Crippen LogP contribution in [0.5, 0.6) is 5.75 Å². The number of unbranched alkanes of at least 4 members (excludes halogenated alkanes) is 1. The summed E-state index contributed by atoms with van der Waals surface area (Å²) in [5.41, 5.74) is 1.17. The fraction of sp³-hybridized carbons (Fsp3) is 0.500. The van der Waals surface area contributed by atoms with Gasteiger partial charge in [-0.25, -0.2) is 0 Å². The number of likely N-dealkylation sites (N-methyl/N-ethyl adjacent to an activating group) is 1. The van der Waals surface area contributed by atoms with E-state index < -0.39 is 0 Å². The molecule has 0 atom stereocenters. The van der Waals surface area contributed by atoms with Gasteiger partial charge in [0.25, 0.3) is 0 Å². The van der Waals surface area contributed by atoms with Crippen LogP contribution in [0.2, 0.25) is 0 Å². The molecule has 0 amide bonds. The summed E-state index contributed by atoms with van der Waals surface area (Å²) < 4.78 is 5.64. The van der Waals surface area contributed by atoms with E-state index in [-0.39, 0.29) is 0 Å². The Kier molecular flexibility index (Phi) is 4.02. The minimum absolute atomic E-state index is 0.802. The van der Waals surface area contributed by atoms with Crippen molar-refractivity contribution in [1.29, 1.82) is 0 Å². The maximum absolute atomic E-state index is 5.64. The van der Waals surface area contributed by atoms with Crippen molar-refractivity contribution in [3.05, 3.63) is 29.8 Å². The van der Waals surface area contributed by atoms with E-state index in [1.54, 1.807) is 0 Å². The Labute approximate surface area is 103 Å². The molecule has 92 valence electrons. The van der Waals surface area contributed by atoms with Gasteiger partial charge in [-0.15, -0.1) is 0 Å². The second kappa shape index (κ2) is 5.71. The fourth-order valence-corrected chi connectivity index (χ4v) is 1.88. The Hall–Kier alpha value is -1.51. The molecule has 0 saturated heterocycles.